The lowest BCUT2D eigenvalue weighted by atomic mass is 9.93. The average Bonchev–Trinajstić information content (AvgIpc) is 2.93. The number of amides is 2. The van der Waals surface area contributed by atoms with E-state index in [2.05, 4.69) is 15.5 Å². The van der Waals surface area contributed by atoms with Gasteiger partial charge in [-0.05, 0) is 73.9 Å². The van der Waals surface area contributed by atoms with Crippen LogP contribution in [0.15, 0.2) is 89.1 Å². The molecule has 0 aliphatic carbocycles. The molecule has 194 valence electrons. The van der Waals surface area contributed by atoms with E-state index >= 15 is 0 Å². The molecule has 1 saturated heterocycles. The van der Waals surface area contributed by atoms with Crippen LogP contribution < -0.4 is 15.4 Å². The third-order valence-corrected chi connectivity index (χ3v) is 7.80. The summed E-state index contributed by atoms with van der Waals surface area (Å²) in [7, 11) is 1.61. The number of benzene rings is 3. The van der Waals surface area contributed by atoms with Gasteiger partial charge in [-0.25, -0.2) is 4.99 Å². The number of anilines is 2. The number of nitrogens with zero attached hydrogens (tertiary/aromatic N) is 2. The normalized spacial score (nSPS) is 16.9. The molecule has 1 atom stereocenters. The van der Waals surface area contributed by atoms with E-state index in [1.165, 1.54) is 0 Å². The van der Waals surface area contributed by atoms with Crippen molar-refractivity contribution >= 4 is 40.1 Å². The van der Waals surface area contributed by atoms with Crippen LogP contribution in [0.4, 0.5) is 11.4 Å². The van der Waals surface area contributed by atoms with Gasteiger partial charge in [0, 0.05) is 29.2 Å². The average molecular weight is 527 g/mol. The highest BCUT2D eigenvalue weighted by atomic mass is 32.2. The number of ether oxygens (including phenoxy) is 1. The van der Waals surface area contributed by atoms with E-state index in [1.54, 1.807) is 18.9 Å². The number of nitrogens with one attached hydrogen (secondary N) is 2. The number of amidine groups is 1. The summed E-state index contributed by atoms with van der Waals surface area (Å²) in [4.78, 5) is 33.4. The molecule has 2 amide bonds. The minimum atomic E-state index is -0.283. The van der Waals surface area contributed by atoms with Gasteiger partial charge in [0.15, 0.2) is 5.17 Å². The van der Waals surface area contributed by atoms with Gasteiger partial charge >= 0.3 is 0 Å². The molecule has 0 spiro atoms. The Morgan fingerprint density at radius 2 is 1.58 bits per heavy atom. The van der Waals surface area contributed by atoms with Crippen molar-refractivity contribution in [3.05, 3.63) is 101 Å². The third kappa shape index (κ3) is 5.31. The first kappa shape index (κ1) is 25.6. The number of aliphatic imine (C=N–C) groups is 1. The fraction of sp³-hybridized carbons (Fsp3) is 0.233. The molecule has 2 N–H and O–H groups in total. The van der Waals surface area contributed by atoms with Crippen molar-refractivity contribution in [2.45, 2.75) is 26.3 Å². The topological polar surface area (TPSA) is 83.0 Å². The van der Waals surface area contributed by atoms with Crippen LogP contribution in [0.5, 0.6) is 5.75 Å². The molecule has 1 unspecified atom stereocenters. The van der Waals surface area contributed by atoms with Gasteiger partial charge in [0.05, 0.1) is 24.4 Å². The van der Waals surface area contributed by atoms with Crippen LogP contribution in [0.2, 0.25) is 0 Å². The number of allylic oxidation sites excluding steroid dienone is 1. The van der Waals surface area contributed by atoms with E-state index in [0.29, 0.717) is 28.2 Å². The van der Waals surface area contributed by atoms with E-state index in [-0.39, 0.29) is 17.9 Å². The second-order valence-electron chi connectivity index (χ2n) is 9.27. The zero-order chi connectivity index (χ0) is 26.6. The molecule has 2 aliphatic rings. The summed E-state index contributed by atoms with van der Waals surface area (Å²) >= 11 is 1.72. The molecular weight excluding hydrogens is 496 g/mol. The number of hydrogen-bond donors (Lipinski definition) is 2. The zero-order valence-corrected chi connectivity index (χ0v) is 22.5. The number of aryl methyl sites for hydroxylation is 1. The van der Waals surface area contributed by atoms with Gasteiger partial charge in [0.25, 0.3) is 11.8 Å². The minimum absolute atomic E-state index is 0.148. The highest BCUT2D eigenvalue weighted by Gasteiger charge is 2.37. The number of hydrogen-bond acceptors (Lipinski definition) is 6. The highest BCUT2D eigenvalue weighted by molar-refractivity contribution is 8.13. The van der Waals surface area contributed by atoms with Crippen molar-refractivity contribution in [3.63, 3.8) is 0 Å². The third-order valence-electron chi connectivity index (χ3n) is 6.72. The van der Waals surface area contributed by atoms with E-state index in [4.69, 9.17) is 9.73 Å². The summed E-state index contributed by atoms with van der Waals surface area (Å²) in [5.74, 6) is 1.40. The number of carbonyl (C=O) groups excluding carboxylic acids is 2. The van der Waals surface area contributed by atoms with Gasteiger partial charge in [-0.15, -0.1) is 0 Å². The van der Waals surface area contributed by atoms with Crippen LogP contribution in [0.25, 0.3) is 0 Å². The van der Waals surface area contributed by atoms with Crippen molar-refractivity contribution in [3.8, 4) is 5.75 Å². The molecule has 7 nitrogen and oxygen atoms in total. The van der Waals surface area contributed by atoms with Gasteiger partial charge in [0.1, 0.15) is 5.75 Å². The number of fused-ring (bicyclic) bond motifs is 1. The molecule has 1 fully saturated rings. The maximum absolute atomic E-state index is 13.6. The number of thioether (sulfide) groups is 1. The van der Waals surface area contributed by atoms with Crippen molar-refractivity contribution in [2.24, 2.45) is 4.99 Å². The Hall–Kier alpha value is -4.04. The maximum Gasteiger partial charge on any atom is 0.255 e. The molecule has 2 aliphatic heterocycles. The minimum Gasteiger partial charge on any atom is -0.497 e. The summed E-state index contributed by atoms with van der Waals surface area (Å²) in [6, 6.07) is 22.2. The van der Waals surface area contributed by atoms with Crippen molar-refractivity contribution < 1.29 is 14.3 Å². The summed E-state index contributed by atoms with van der Waals surface area (Å²) in [5, 5.41) is 6.97. The molecule has 0 saturated carbocycles. The highest BCUT2D eigenvalue weighted by Crippen LogP contribution is 2.40. The second kappa shape index (κ2) is 11.1. The van der Waals surface area contributed by atoms with Gasteiger partial charge < -0.3 is 20.3 Å². The van der Waals surface area contributed by atoms with Crippen molar-refractivity contribution in [2.75, 3.05) is 30.0 Å². The van der Waals surface area contributed by atoms with Crippen LogP contribution in [0, 0.1) is 6.92 Å². The fourth-order valence-corrected chi connectivity index (χ4v) is 5.77. The molecule has 0 aromatic heterocycles. The monoisotopic (exact) mass is 526 g/mol. The lowest BCUT2D eigenvalue weighted by Crippen LogP contribution is -2.43. The standard InChI is InChI=1S/C30H30N4O3S/c1-19-7-4-5-8-25(19)28(35)32-22-11-9-21(10-12-22)27-26(20(2)31-30-34(27)17-6-18-38-30)29(36)33-23-13-15-24(37-3)16-14-23/h4-5,7-16,27H,6,17-18H2,1-3H3,(H,32,35)(H,33,36). The molecule has 3 aromatic carbocycles. The van der Waals surface area contributed by atoms with Gasteiger partial charge in [-0.1, -0.05) is 42.1 Å². The van der Waals surface area contributed by atoms with Crippen LogP contribution >= 0.6 is 11.8 Å². The first-order valence-corrected chi connectivity index (χ1v) is 13.5. The van der Waals surface area contributed by atoms with Crippen LogP contribution in [-0.2, 0) is 4.79 Å². The smallest absolute Gasteiger partial charge is 0.255 e. The quantitative estimate of drug-likeness (QED) is 0.411. The van der Waals surface area contributed by atoms with Crippen LogP contribution in [0.3, 0.4) is 0 Å². The zero-order valence-electron chi connectivity index (χ0n) is 21.7. The lowest BCUT2D eigenvalue weighted by molar-refractivity contribution is -0.113. The number of methoxy groups -OCH3 is 1. The van der Waals surface area contributed by atoms with E-state index < -0.39 is 0 Å². The molecule has 5 rings (SSSR count). The Kier molecular flexibility index (Phi) is 7.51. The molecule has 38 heavy (non-hydrogen) atoms. The summed E-state index contributed by atoms with van der Waals surface area (Å²) in [6.45, 7) is 4.63. The summed E-state index contributed by atoms with van der Waals surface area (Å²) < 4.78 is 5.23. The summed E-state index contributed by atoms with van der Waals surface area (Å²) in [6.07, 6.45) is 1.01. The molecule has 0 radical (unpaired) electrons. The maximum atomic E-state index is 13.6. The lowest BCUT2D eigenvalue weighted by Gasteiger charge is -2.41. The van der Waals surface area contributed by atoms with Crippen LogP contribution in [-0.4, -0.2) is 41.3 Å². The molecule has 2 heterocycles. The van der Waals surface area contributed by atoms with Crippen molar-refractivity contribution in [1.82, 2.24) is 4.90 Å². The van der Waals surface area contributed by atoms with E-state index in [1.807, 2.05) is 86.6 Å². The van der Waals surface area contributed by atoms with Crippen molar-refractivity contribution in [1.29, 1.82) is 0 Å². The van der Waals surface area contributed by atoms with Gasteiger partial charge in [0.2, 0.25) is 0 Å². The molecule has 0 bridgehead atoms. The fourth-order valence-electron chi connectivity index (χ4n) is 4.75. The Balaban J connectivity index is 1.42. The van der Waals surface area contributed by atoms with Gasteiger partial charge in [-0.2, -0.15) is 0 Å². The number of rotatable bonds is 6. The SMILES string of the molecule is COc1ccc(NC(=O)C2=C(C)N=C3SCCCN3C2c2ccc(NC(=O)c3ccccc3C)cc2)cc1. The van der Waals surface area contributed by atoms with E-state index in [0.717, 1.165) is 40.8 Å². The van der Waals surface area contributed by atoms with Crippen LogP contribution in [0.1, 0.15) is 40.9 Å². The largest absolute Gasteiger partial charge is 0.497 e. The summed E-state index contributed by atoms with van der Waals surface area (Å²) in [5.41, 5.74) is 5.24. The predicted octanol–water partition coefficient (Wildman–Crippen LogP) is 6.02. The first-order valence-electron chi connectivity index (χ1n) is 12.6. The van der Waals surface area contributed by atoms with E-state index in [9.17, 15) is 9.59 Å². The Morgan fingerprint density at radius 3 is 2.26 bits per heavy atom. The Bertz CT molecular complexity index is 1410. The Morgan fingerprint density at radius 1 is 0.921 bits per heavy atom. The first-order chi connectivity index (χ1) is 18.4. The molecule has 3 aromatic rings. The Labute approximate surface area is 227 Å². The molecular formula is C30H30N4O3S. The second-order valence-corrected chi connectivity index (χ2v) is 10.3. The van der Waals surface area contributed by atoms with Gasteiger partial charge in [-0.3, -0.25) is 9.59 Å². The number of carbonyl (C=O) groups is 2. The predicted molar refractivity (Wildman–Crippen MR) is 154 cm³/mol. The molecule has 8 heteroatoms.